The average Bonchev–Trinajstić information content (AvgIpc) is 2.69. The Morgan fingerprint density at radius 1 is 0.552 bits per heavy atom. The van der Waals surface area contributed by atoms with Crippen LogP contribution in [0.15, 0.2) is 0 Å². The van der Waals surface area contributed by atoms with Gasteiger partial charge < -0.3 is 10.5 Å². The van der Waals surface area contributed by atoms with Crippen molar-refractivity contribution < 1.29 is 10.3 Å². The number of nitrogens with zero attached hydrogens (tertiary/aromatic N) is 1. The number of rotatable bonds is 22. The van der Waals surface area contributed by atoms with Gasteiger partial charge in [0.15, 0.2) is 0 Å². The third-order valence-corrected chi connectivity index (χ3v) is 5.41. The smallest absolute Gasteiger partial charge is 0.291 e. The van der Waals surface area contributed by atoms with Gasteiger partial charge in [0.1, 0.15) is 0 Å². The summed E-state index contributed by atoms with van der Waals surface area (Å²) in [6, 6.07) is 0. The first-order valence-electron chi connectivity index (χ1n) is 12.7. The Kier molecular flexibility index (Phi) is 30.7. The Bertz CT molecular complexity index is 276. The Balaban J connectivity index is 0. The lowest BCUT2D eigenvalue weighted by Crippen LogP contribution is -2.16. The number of hydrogen-bond acceptors (Lipinski definition) is 3. The fourth-order valence-corrected chi connectivity index (χ4v) is 3.60. The van der Waals surface area contributed by atoms with E-state index in [1.54, 1.807) is 0 Å². The molecule has 0 saturated heterocycles. The standard InChI is InChI=1S/C24H51N.HNO3/c1-3-5-7-9-11-13-14-16-18-20-22-24-25-23-21-19-17-15-12-10-8-6-4-2;2-1(3)4/h25H,3-24H2,1-2H3;(H,2,3,4). The minimum atomic E-state index is -1.50. The van der Waals surface area contributed by atoms with Gasteiger partial charge in [-0.15, -0.1) is 10.1 Å². The monoisotopic (exact) mass is 416 g/mol. The topological polar surface area (TPSA) is 75.4 Å². The van der Waals surface area contributed by atoms with Crippen LogP contribution in [0.4, 0.5) is 0 Å². The van der Waals surface area contributed by atoms with Crippen molar-refractivity contribution >= 4 is 0 Å². The van der Waals surface area contributed by atoms with E-state index >= 15 is 0 Å². The van der Waals surface area contributed by atoms with Crippen LogP contribution >= 0.6 is 0 Å². The number of unbranched alkanes of at least 4 members (excludes halogenated alkanes) is 18. The highest BCUT2D eigenvalue weighted by atomic mass is 16.9. The number of hydrogen-bond donors (Lipinski definition) is 2. The van der Waals surface area contributed by atoms with Crippen molar-refractivity contribution in [1.29, 1.82) is 0 Å². The zero-order chi connectivity index (χ0) is 21.8. The van der Waals surface area contributed by atoms with Gasteiger partial charge >= 0.3 is 0 Å². The van der Waals surface area contributed by atoms with Crippen molar-refractivity contribution in [3.63, 3.8) is 0 Å². The second kappa shape index (κ2) is 29.4. The first-order chi connectivity index (χ1) is 14.1. The van der Waals surface area contributed by atoms with Crippen LogP contribution in [0.3, 0.4) is 0 Å². The van der Waals surface area contributed by atoms with Gasteiger partial charge in [-0.2, -0.15) is 0 Å². The molecule has 0 amide bonds. The molecule has 0 aromatic carbocycles. The summed E-state index contributed by atoms with van der Waals surface area (Å²) in [5.41, 5.74) is 0. The molecule has 29 heavy (non-hydrogen) atoms. The molecular formula is C24H52N2O3. The van der Waals surface area contributed by atoms with Crippen molar-refractivity contribution in [2.75, 3.05) is 13.1 Å². The van der Waals surface area contributed by atoms with Gasteiger partial charge in [-0.05, 0) is 25.9 Å². The van der Waals surface area contributed by atoms with E-state index in [-0.39, 0.29) is 0 Å². The van der Waals surface area contributed by atoms with Gasteiger partial charge in [0.25, 0.3) is 5.09 Å². The van der Waals surface area contributed by atoms with Crippen LogP contribution in [-0.4, -0.2) is 23.4 Å². The summed E-state index contributed by atoms with van der Waals surface area (Å²) >= 11 is 0. The zero-order valence-electron chi connectivity index (χ0n) is 19.8. The van der Waals surface area contributed by atoms with E-state index in [0.717, 1.165) is 0 Å². The first kappa shape index (κ1) is 30.4. The second-order valence-corrected chi connectivity index (χ2v) is 8.35. The van der Waals surface area contributed by atoms with Crippen LogP contribution in [0, 0.1) is 10.1 Å². The van der Waals surface area contributed by atoms with Crippen molar-refractivity contribution in [3.8, 4) is 0 Å². The third-order valence-electron chi connectivity index (χ3n) is 5.41. The molecule has 0 bridgehead atoms. The molecule has 0 fully saturated rings. The van der Waals surface area contributed by atoms with Crippen molar-refractivity contribution in [3.05, 3.63) is 10.1 Å². The molecule has 0 aromatic rings. The normalized spacial score (nSPS) is 10.6. The van der Waals surface area contributed by atoms with Crippen LogP contribution in [0.2, 0.25) is 0 Å². The van der Waals surface area contributed by atoms with Crippen LogP contribution < -0.4 is 5.32 Å². The molecule has 0 aliphatic heterocycles. The maximum Gasteiger partial charge on any atom is 0.291 e. The average molecular weight is 417 g/mol. The van der Waals surface area contributed by atoms with Gasteiger partial charge in [-0.25, -0.2) is 0 Å². The van der Waals surface area contributed by atoms with E-state index in [1.807, 2.05) is 0 Å². The molecule has 0 aliphatic carbocycles. The van der Waals surface area contributed by atoms with Crippen molar-refractivity contribution in [2.24, 2.45) is 0 Å². The third kappa shape index (κ3) is 38.4. The van der Waals surface area contributed by atoms with Gasteiger partial charge in [-0.3, -0.25) is 0 Å². The predicted molar refractivity (Wildman–Crippen MR) is 125 cm³/mol. The summed E-state index contributed by atoms with van der Waals surface area (Å²) in [5, 5.41) is 17.3. The number of nitrogens with one attached hydrogen (secondary N) is 1. The molecule has 0 radical (unpaired) electrons. The SMILES string of the molecule is CCCCCCCCCCCCCNCCCCCCCCCCC.O=[N+]([O-])O. The zero-order valence-corrected chi connectivity index (χ0v) is 19.8. The van der Waals surface area contributed by atoms with Crippen LogP contribution in [0.25, 0.3) is 0 Å². The Hall–Kier alpha value is -0.840. The van der Waals surface area contributed by atoms with Crippen molar-refractivity contribution in [2.45, 2.75) is 142 Å². The molecule has 2 N–H and O–H groups in total. The maximum absolute atomic E-state index is 8.36. The molecule has 0 rings (SSSR count). The summed E-state index contributed by atoms with van der Waals surface area (Å²) in [6.45, 7) is 7.08. The fourth-order valence-electron chi connectivity index (χ4n) is 3.60. The Morgan fingerprint density at radius 3 is 1.00 bits per heavy atom. The fraction of sp³-hybridized carbons (Fsp3) is 1.00. The molecule has 0 spiro atoms. The van der Waals surface area contributed by atoms with Gasteiger partial charge in [-0.1, -0.05) is 129 Å². The second-order valence-electron chi connectivity index (χ2n) is 8.35. The summed E-state index contributed by atoms with van der Waals surface area (Å²) in [5.74, 6) is 0. The largest absolute Gasteiger partial charge is 0.328 e. The van der Waals surface area contributed by atoms with E-state index in [1.165, 1.54) is 142 Å². The van der Waals surface area contributed by atoms with Gasteiger partial charge in [0.2, 0.25) is 0 Å². The van der Waals surface area contributed by atoms with E-state index < -0.39 is 5.09 Å². The molecule has 5 nitrogen and oxygen atoms in total. The van der Waals surface area contributed by atoms with E-state index in [0.29, 0.717) is 0 Å². The van der Waals surface area contributed by atoms with E-state index in [9.17, 15) is 0 Å². The molecule has 5 heteroatoms. The quantitative estimate of drug-likeness (QED) is 0.106. The first-order valence-corrected chi connectivity index (χ1v) is 12.7. The highest BCUT2D eigenvalue weighted by Crippen LogP contribution is 2.11. The molecule has 0 aromatic heterocycles. The van der Waals surface area contributed by atoms with Crippen LogP contribution in [-0.2, 0) is 0 Å². The predicted octanol–water partition coefficient (Wildman–Crippen LogP) is 8.07. The molecule has 176 valence electrons. The van der Waals surface area contributed by atoms with Crippen molar-refractivity contribution in [1.82, 2.24) is 5.32 Å². The van der Waals surface area contributed by atoms with E-state index in [2.05, 4.69) is 19.2 Å². The lowest BCUT2D eigenvalue weighted by Gasteiger charge is -2.05. The lowest BCUT2D eigenvalue weighted by atomic mass is 10.1. The molecule has 0 aliphatic rings. The molecular weight excluding hydrogens is 364 g/mol. The molecule has 0 saturated carbocycles. The van der Waals surface area contributed by atoms with E-state index in [4.69, 9.17) is 15.3 Å². The highest BCUT2D eigenvalue weighted by molar-refractivity contribution is 4.53. The van der Waals surface area contributed by atoms with Crippen LogP contribution in [0.1, 0.15) is 142 Å². The van der Waals surface area contributed by atoms with Crippen LogP contribution in [0.5, 0.6) is 0 Å². The summed E-state index contributed by atoms with van der Waals surface area (Å²) < 4.78 is 0. The summed E-state index contributed by atoms with van der Waals surface area (Å²) in [4.78, 5) is 8.36. The van der Waals surface area contributed by atoms with Gasteiger partial charge in [0.05, 0.1) is 0 Å². The molecule has 0 unspecified atom stereocenters. The highest BCUT2D eigenvalue weighted by Gasteiger charge is 1.94. The Labute approximate surface area is 181 Å². The summed E-state index contributed by atoms with van der Waals surface area (Å²) in [6.07, 6.45) is 28.8. The maximum atomic E-state index is 8.36. The minimum Gasteiger partial charge on any atom is -0.328 e. The Morgan fingerprint density at radius 2 is 0.759 bits per heavy atom. The minimum absolute atomic E-state index is 1.24. The summed E-state index contributed by atoms with van der Waals surface area (Å²) in [7, 11) is 0. The molecule has 0 heterocycles. The van der Waals surface area contributed by atoms with Gasteiger partial charge in [0, 0.05) is 0 Å². The molecule has 0 atom stereocenters. The lowest BCUT2D eigenvalue weighted by molar-refractivity contribution is -0.742.